The van der Waals surface area contributed by atoms with Crippen molar-refractivity contribution in [2.24, 2.45) is 76.9 Å². The number of rotatable bonds is 15. The molecule has 0 radical (unpaired) electrons. The number of ketones is 7. The largest absolute Gasteiger partial charge is 0.392 e. The van der Waals surface area contributed by atoms with Crippen LogP contribution in [-0.2, 0) is 52.7 Å². The van der Waals surface area contributed by atoms with Crippen molar-refractivity contribution in [3.8, 4) is 0 Å². The van der Waals surface area contributed by atoms with Crippen LogP contribution in [0.4, 0.5) is 0 Å². The zero-order chi connectivity index (χ0) is 59.9. The summed E-state index contributed by atoms with van der Waals surface area (Å²) in [5, 5.41) is 22.9. The highest BCUT2D eigenvalue weighted by Gasteiger charge is 2.40. The number of allylic oxidation sites excluding steroid dienone is 2. The van der Waals surface area contributed by atoms with E-state index in [1.807, 2.05) is 74.5 Å². The first-order valence-corrected chi connectivity index (χ1v) is 29.4. The van der Waals surface area contributed by atoms with Gasteiger partial charge in [0.15, 0.2) is 17.3 Å². The normalized spacial score (nSPS) is 28.0. The van der Waals surface area contributed by atoms with E-state index in [9.17, 15) is 57.8 Å². The summed E-state index contributed by atoms with van der Waals surface area (Å²) in [5.41, 5.74) is 0. The first-order chi connectivity index (χ1) is 36.2. The summed E-state index contributed by atoms with van der Waals surface area (Å²) in [6.45, 7) is 30.7. The van der Waals surface area contributed by atoms with Crippen molar-refractivity contribution < 1.29 is 57.8 Å². The molecule has 78 heavy (non-hydrogen) atoms. The van der Waals surface area contributed by atoms with Crippen LogP contribution in [0.2, 0.25) is 0 Å². The summed E-state index contributed by atoms with van der Waals surface area (Å²) >= 11 is 0. The quantitative estimate of drug-likeness (QED) is 0.0966. The molecule has 16 heteroatoms. The molecule has 0 saturated carbocycles. The minimum Gasteiger partial charge on any atom is -0.392 e. The molecule has 1 aliphatic heterocycles. The highest BCUT2D eigenvalue weighted by atomic mass is 16.3. The van der Waals surface area contributed by atoms with Crippen LogP contribution >= 0.6 is 0 Å². The fraction of sp³-hybridized carbons (Fsp3) is 0.790. The first kappa shape index (κ1) is 71.3. The van der Waals surface area contributed by atoms with Gasteiger partial charge in [0, 0.05) is 81.0 Å². The number of carbonyl (C=O) groups is 11. The summed E-state index contributed by atoms with van der Waals surface area (Å²) < 4.78 is 0. The molecule has 0 bridgehead atoms. The van der Waals surface area contributed by atoms with Crippen LogP contribution in [0.3, 0.4) is 0 Å². The molecule has 1 rings (SSSR count). The molecule has 0 aromatic rings. The van der Waals surface area contributed by atoms with Crippen molar-refractivity contribution >= 4 is 64.1 Å². The molecule has 1 saturated heterocycles. The molecule has 0 aromatic carbocycles. The fourth-order valence-corrected chi connectivity index (χ4v) is 10.6. The third kappa shape index (κ3) is 25.2. The van der Waals surface area contributed by atoms with E-state index in [1.54, 1.807) is 41.5 Å². The van der Waals surface area contributed by atoms with E-state index in [0.29, 0.717) is 25.7 Å². The Morgan fingerprint density at radius 2 is 0.910 bits per heavy atom. The zero-order valence-corrected chi connectivity index (χ0v) is 50.9. The van der Waals surface area contributed by atoms with E-state index in [1.165, 1.54) is 13.8 Å². The average Bonchev–Trinajstić information content (AvgIpc) is 3.33. The number of aliphatic hydroxyl groups is 1. The summed E-state index contributed by atoms with van der Waals surface area (Å²) in [7, 11) is 0. The molecular formula is C62H104N4O12. The molecule has 0 spiro atoms. The first-order valence-electron chi connectivity index (χ1n) is 29.4. The molecule has 4 amide bonds. The second-order valence-corrected chi connectivity index (χ2v) is 25.3. The topological polar surface area (TPSA) is 256 Å². The van der Waals surface area contributed by atoms with E-state index < -0.39 is 131 Å². The lowest BCUT2D eigenvalue weighted by molar-refractivity contribution is -0.139. The Balaban J connectivity index is 3.96. The van der Waals surface area contributed by atoms with Crippen molar-refractivity contribution in [2.45, 2.75) is 238 Å². The van der Waals surface area contributed by atoms with Crippen LogP contribution in [0.5, 0.6) is 0 Å². The molecule has 5 N–H and O–H groups in total. The lowest BCUT2D eigenvalue weighted by atomic mass is 9.76. The summed E-state index contributed by atoms with van der Waals surface area (Å²) in [5.74, 6) is -11.9. The van der Waals surface area contributed by atoms with Crippen LogP contribution in [0.15, 0.2) is 12.2 Å². The van der Waals surface area contributed by atoms with Gasteiger partial charge in [-0.15, -0.1) is 0 Å². The Bertz CT molecular complexity index is 2060. The summed E-state index contributed by atoms with van der Waals surface area (Å²) in [6, 6.07) is -4.25. The van der Waals surface area contributed by atoms with Gasteiger partial charge >= 0.3 is 0 Å². The number of hydrogen-bond acceptors (Lipinski definition) is 12. The maximum absolute atomic E-state index is 14.5. The van der Waals surface area contributed by atoms with Crippen LogP contribution < -0.4 is 21.3 Å². The number of amides is 4. The Kier molecular flexibility index (Phi) is 32.1. The van der Waals surface area contributed by atoms with Gasteiger partial charge < -0.3 is 26.4 Å². The van der Waals surface area contributed by atoms with Gasteiger partial charge in [-0.05, 0) is 101 Å². The lowest BCUT2D eigenvalue weighted by Gasteiger charge is -2.30. The van der Waals surface area contributed by atoms with Crippen LogP contribution in [-0.4, -0.2) is 99.5 Å². The Morgan fingerprint density at radius 1 is 0.462 bits per heavy atom. The highest BCUT2D eigenvalue weighted by Crippen LogP contribution is 2.31. The molecule has 1 fully saturated rings. The zero-order valence-electron chi connectivity index (χ0n) is 50.9. The average molecular weight is 1100 g/mol. The molecule has 444 valence electrons. The third-order valence-corrected chi connectivity index (χ3v) is 15.3. The van der Waals surface area contributed by atoms with Crippen molar-refractivity contribution in [2.75, 3.05) is 0 Å². The van der Waals surface area contributed by atoms with Gasteiger partial charge in [0.25, 0.3) is 0 Å². The van der Waals surface area contributed by atoms with Gasteiger partial charge in [-0.25, -0.2) is 0 Å². The molecule has 0 aliphatic carbocycles. The maximum Gasteiger partial charge on any atom is 0.242 e. The predicted octanol–water partition coefficient (Wildman–Crippen LogP) is 8.65. The van der Waals surface area contributed by atoms with Crippen molar-refractivity contribution in [1.29, 1.82) is 0 Å². The number of Topliss-reactive ketones (excluding diaryl/α,β-unsaturated/α-hetero) is 7. The molecule has 1 heterocycles. The third-order valence-electron chi connectivity index (χ3n) is 15.3. The standard InChI is InChI=1S/C62H104N4O12/c1-18-20-21-40(15)58(74)49-33-55(72)48(38(11)12)32-54(71)44(25-35(5)6)30-53(70)43(24-34(3)4)29-52(69)41(16)63-59(75)42(17)64-60(76)46(27-37(9)10)31-56(73)57(39(13)14)66-61(77)45(26-36(7)8)28-47(67)22-23-51(68)50(19-2)65-62(49)78/h18,20,34-46,48-50,57-58,74H,19,21-33H2,1-17H3,(H,63,75)(H,64,76)(H,65,78)(H,66,77)/b20-18+. The molecule has 12 unspecified atom stereocenters. The van der Waals surface area contributed by atoms with Crippen LogP contribution in [0.1, 0.15) is 208 Å². The lowest BCUT2D eigenvalue weighted by Crippen LogP contribution is -2.51. The monoisotopic (exact) mass is 1100 g/mol. The van der Waals surface area contributed by atoms with E-state index in [-0.39, 0.29) is 105 Å². The second-order valence-electron chi connectivity index (χ2n) is 25.3. The van der Waals surface area contributed by atoms with Crippen LogP contribution in [0.25, 0.3) is 0 Å². The van der Waals surface area contributed by atoms with Crippen molar-refractivity contribution in [3.05, 3.63) is 12.2 Å². The number of nitrogens with one attached hydrogen (secondary N) is 4. The van der Waals surface area contributed by atoms with Gasteiger partial charge in [0.2, 0.25) is 23.6 Å². The fourth-order valence-electron chi connectivity index (χ4n) is 10.6. The maximum atomic E-state index is 14.5. The van der Waals surface area contributed by atoms with Gasteiger partial charge in [0.05, 0.1) is 30.1 Å². The minimum atomic E-state index is -1.32. The molecular weight excluding hydrogens is 993 g/mol. The molecule has 1 aliphatic rings. The molecule has 12 atom stereocenters. The highest BCUT2D eigenvalue weighted by molar-refractivity contribution is 5.99. The SMILES string of the molecule is C/C=C/CC(C)C(O)C1CC(=O)C(C(C)C)CC(=O)C(CC(C)C)CC(=O)C(CC(C)C)CC(=O)C(C)NC(=O)C(C)NC(=O)C(CC(C)C)CC(=O)C(C(C)C)NC(=O)C(CC(C)C)CC(=O)CCC(=O)C(CC)NC1=O. The number of carbonyl (C=O) groups excluding carboxylic acids is 11. The van der Waals surface area contributed by atoms with E-state index >= 15 is 0 Å². The van der Waals surface area contributed by atoms with Crippen molar-refractivity contribution in [1.82, 2.24) is 21.3 Å². The summed E-state index contributed by atoms with van der Waals surface area (Å²) in [4.78, 5) is 155. The van der Waals surface area contributed by atoms with Gasteiger partial charge in [-0.3, -0.25) is 52.7 Å². The summed E-state index contributed by atoms with van der Waals surface area (Å²) in [6.07, 6.45) is 2.16. The smallest absolute Gasteiger partial charge is 0.242 e. The van der Waals surface area contributed by atoms with Gasteiger partial charge in [-0.2, -0.15) is 0 Å². The van der Waals surface area contributed by atoms with Crippen LogP contribution in [0, 0.1) is 76.9 Å². The van der Waals surface area contributed by atoms with Gasteiger partial charge in [-0.1, -0.05) is 109 Å². The second kappa shape index (κ2) is 35.1. The Hall–Kier alpha value is -4.73. The minimum absolute atomic E-state index is 0.00830. The number of hydrogen-bond donors (Lipinski definition) is 5. The van der Waals surface area contributed by atoms with E-state index in [4.69, 9.17) is 0 Å². The van der Waals surface area contributed by atoms with Crippen molar-refractivity contribution in [3.63, 3.8) is 0 Å². The predicted molar refractivity (Wildman–Crippen MR) is 304 cm³/mol. The van der Waals surface area contributed by atoms with Gasteiger partial charge in [0.1, 0.15) is 29.2 Å². The molecule has 16 nitrogen and oxygen atoms in total. The number of aliphatic hydroxyl groups excluding tert-OH is 1. The molecule has 0 aromatic heterocycles. The Morgan fingerprint density at radius 3 is 1.40 bits per heavy atom. The van der Waals surface area contributed by atoms with E-state index in [2.05, 4.69) is 21.3 Å². The Labute approximate surface area is 468 Å². The van der Waals surface area contributed by atoms with E-state index in [0.717, 1.165) is 0 Å².